The first-order valence-electron chi connectivity index (χ1n) is 14.5. The highest BCUT2D eigenvalue weighted by molar-refractivity contribution is 6.08. The Bertz CT molecular complexity index is 1040. The standard InChI is InChI=1S/C29H43BN4O5/c1-3-21(4-2)23-17-25(36)34(26(23)37)16-7-5-6-15-31-27(38)29(13-8-14-29)28(39)32-19-24(35)33-22-11-9-20(18-30)10-12-22/h9-12,21,23H,3-8,13-19,30H2,1-2H3,(H,31,38)(H,32,39)(H,33,35). The lowest BCUT2D eigenvalue weighted by Gasteiger charge is -2.38. The van der Waals surface area contributed by atoms with E-state index >= 15 is 0 Å². The largest absolute Gasteiger partial charge is 0.355 e. The van der Waals surface area contributed by atoms with E-state index in [1.807, 2.05) is 24.3 Å². The molecule has 1 saturated carbocycles. The van der Waals surface area contributed by atoms with Crippen molar-refractivity contribution < 1.29 is 24.0 Å². The van der Waals surface area contributed by atoms with Crippen LogP contribution in [-0.2, 0) is 30.3 Å². The summed E-state index contributed by atoms with van der Waals surface area (Å²) in [6.45, 7) is 4.75. The van der Waals surface area contributed by atoms with Crippen LogP contribution in [0.3, 0.4) is 0 Å². The third-order valence-corrected chi connectivity index (χ3v) is 8.37. The maximum atomic E-state index is 12.9. The molecule has 3 N–H and O–H groups in total. The zero-order valence-electron chi connectivity index (χ0n) is 23.6. The third kappa shape index (κ3) is 7.49. The molecule has 212 valence electrons. The molecule has 0 aromatic heterocycles. The number of carbonyl (C=O) groups is 5. The van der Waals surface area contributed by atoms with Crippen LogP contribution in [0.5, 0.6) is 0 Å². The number of amides is 5. The quantitative estimate of drug-likeness (QED) is 0.137. The summed E-state index contributed by atoms with van der Waals surface area (Å²) < 4.78 is 0. The summed E-state index contributed by atoms with van der Waals surface area (Å²) in [6.07, 6.45) is 6.86. The molecule has 5 amide bonds. The smallest absolute Gasteiger partial charge is 0.243 e. The molecule has 0 spiro atoms. The van der Waals surface area contributed by atoms with E-state index < -0.39 is 11.3 Å². The molecule has 2 fully saturated rings. The minimum absolute atomic E-state index is 0.0389. The molecule has 1 saturated heterocycles. The number of anilines is 1. The van der Waals surface area contributed by atoms with Crippen LogP contribution in [0.15, 0.2) is 24.3 Å². The van der Waals surface area contributed by atoms with Crippen molar-refractivity contribution in [2.45, 2.75) is 78.0 Å². The van der Waals surface area contributed by atoms with Crippen molar-refractivity contribution in [1.29, 1.82) is 0 Å². The monoisotopic (exact) mass is 538 g/mol. The van der Waals surface area contributed by atoms with E-state index in [4.69, 9.17) is 0 Å². The molecule has 1 unspecified atom stereocenters. The lowest BCUT2D eigenvalue weighted by molar-refractivity contribution is -0.150. The SMILES string of the molecule is BCc1ccc(NC(=O)CNC(=O)C2(C(=O)NCCCCCN3C(=O)CC(C(CC)CC)C3=O)CCC2)cc1. The second-order valence-corrected chi connectivity index (χ2v) is 10.8. The molecule has 0 bridgehead atoms. The Morgan fingerprint density at radius 3 is 2.26 bits per heavy atom. The van der Waals surface area contributed by atoms with Crippen LogP contribution >= 0.6 is 0 Å². The van der Waals surface area contributed by atoms with Gasteiger partial charge in [0.15, 0.2) is 0 Å². The normalized spacial score (nSPS) is 18.1. The number of hydrogen-bond donors (Lipinski definition) is 3. The Balaban J connectivity index is 1.36. The summed E-state index contributed by atoms with van der Waals surface area (Å²) in [6, 6.07) is 7.53. The average molecular weight is 538 g/mol. The van der Waals surface area contributed by atoms with Gasteiger partial charge < -0.3 is 16.0 Å². The Kier molecular flexibility index (Phi) is 11.1. The zero-order valence-corrected chi connectivity index (χ0v) is 23.6. The summed E-state index contributed by atoms with van der Waals surface area (Å²) in [7, 11) is 2.06. The molecule has 1 aromatic carbocycles. The van der Waals surface area contributed by atoms with Gasteiger partial charge in [-0.1, -0.05) is 57.1 Å². The molecule has 3 rings (SSSR count). The van der Waals surface area contributed by atoms with Gasteiger partial charge in [-0.3, -0.25) is 28.9 Å². The molecule has 1 aliphatic carbocycles. The van der Waals surface area contributed by atoms with Crippen LogP contribution in [0.4, 0.5) is 5.69 Å². The van der Waals surface area contributed by atoms with Gasteiger partial charge in [0.25, 0.3) is 0 Å². The zero-order chi connectivity index (χ0) is 28.4. The highest BCUT2D eigenvalue weighted by atomic mass is 16.2. The fraction of sp³-hybridized carbons (Fsp3) is 0.621. The topological polar surface area (TPSA) is 125 Å². The minimum atomic E-state index is -1.12. The van der Waals surface area contributed by atoms with Gasteiger partial charge >= 0.3 is 0 Å². The lowest BCUT2D eigenvalue weighted by Crippen LogP contribution is -2.56. The third-order valence-electron chi connectivity index (χ3n) is 8.37. The van der Waals surface area contributed by atoms with Crippen molar-refractivity contribution in [1.82, 2.24) is 15.5 Å². The van der Waals surface area contributed by atoms with Crippen molar-refractivity contribution in [3.05, 3.63) is 29.8 Å². The summed E-state index contributed by atoms with van der Waals surface area (Å²) >= 11 is 0. The van der Waals surface area contributed by atoms with Crippen molar-refractivity contribution in [2.75, 3.05) is 25.0 Å². The van der Waals surface area contributed by atoms with Crippen LogP contribution in [0.2, 0.25) is 0 Å². The number of carbonyl (C=O) groups excluding carboxylic acids is 5. The highest BCUT2D eigenvalue weighted by Gasteiger charge is 2.50. The minimum Gasteiger partial charge on any atom is -0.355 e. The van der Waals surface area contributed by atoms with Gasteiger partial charge in [0.2, 0.25) is 29.5 Å². The average Bonchev–Trinajstić information content (AvgIpc) is 3.18. The van der Waals surface area contributed by atoms with Gasteiger partial charge in [0.05, 0.1) is 12.5 Å². The number of benzene rings is 1. The summed E-state index contributed by atoms with van der Waals surface area (Å²) in [4.78, 5) is 64.5. The first-order valence-corrected chi connectivity index (χ1v) is 14.5. The lowest BCUT2D eigenvalue weighted by atomic mass is 9.67. The first-order chi connectivity index (χ1) is 18.7. The van der Waals surface area contributed by atoms with Gasteiger partial charge in [-0.15, -0.1) is 0 Å². The maximum absolute atomic E-state index is 12.9. The van der Waals surface area contributed by atoms with Gasteiger partial charge in [-0.2, -0.15) is 0 Å². The molecule has 10 heteroatoms. The van der Waals surface area contributed by atoms with E-state index in [1.165, 1.54) is 10.5 Å². The second-order valence-electron chi connectivity index (χ2n) is 10.8. The summed E-state index contributed by atoms with van der Waals surface area (Å²) in [5.74, 6) is -1.11. The van der Waals surface area contributed by atoms with Gasteiger partial charge in [0, 0.05) is 25.2 Å². The van der Waals surface area contributed by atoms with Crippen LogP contribution < -0.4 is 16.0 Å². The predicted octanol–water partition coefficient (Wildman–Crippen LogP) is 2.14. The molecular weight excluding hydrogens is 495 g/mol. The van der Waals surface area contributed by atoms with E-state index in [-0.39, 0.29) is 42.0 Å². The molecule has 1 aliphatic heterocycles. The van der Waals surface area contributed by atoms with E-state index in [2.05, 4.69) is 37.6 Å². The summed E-state index contributed by atoms with van der Waals surface area (Å²) in [5.41, 5.74) is 0.704. The van der Waals surface area contributed by atoms with Gasteiger partial charge in [-0.05, 0) is 50.2 Å². The van der Waals surface area contributed by atoms with Crippen molar-refractivity contribution in [2.24, 2.45) is 17.3 Å². The molecule has 1 aromatic rings. The Morgan fingerprint density at radius 2 is 1.67 bits per heavy atom. The van der Waals surface area contributed by atoms with E-state index in [0.717, 1.165) is 32.0 Å². The van der Waals surface area contributed by atoms with E-state index in [0.29, 0.717) is 50.9 Å². The molecule has 2 aliphatic rings. The fourth-order valence-corrected chi connectivity index (χ4v) is 5.56. The highest BCUT2D eigenvalue weighted by Crippen LogP contribution is 2.41. The number of unbranched alkanes of at least 4 members (excludes halogenated alkanes) is 2. The molecule has 1 heterocycles. The number of nitrogens with zero attached hydrogens (tertiary/aromatic N) is 1. The van der Waals surface area contributed by atoms with E-state index in [9.17, 15) is 24.0 Å². The second kappa shape index (κ2) is 14.3. The molecule has 1 atom stereocenters. The Morgan fingerprint density at radius 1 is 1.00 bits per heavy atom. The predicted molar refractivity (Wildman–Crippen MR) is 152 cm³/mol. The Labute approximate surface area is 232 Å². The number of hydrogen-bond acceptors (Lipinski definition) is 5. The van der Waals surface area contributed by atoms with Gasteiger partial charge in [0.1, 0.15) is 13.3 Å². The number of imide groups is 1. The van der Waals surface area contributed by atoms with Crippen molar-refractivity contribution >= 4 is 43.1 Å². The fourth-order valence-electron chi connectivity index (χ4n) is 5.56. The van der Waals surface area contributed by atoms with Gasteiger partial charge in [-0.25, -0.2) is 0 Å². The number of nitrogens with one attached hydrogen (secondary N) is 3. The first kappa shape index (κ1) is 30.4. The molecule has 39 heavy (non-hydrogen) atoms. The van der Waals surface area contributed by atoms with Crippen molar-refractivity contribution in [3.8, 4) is 0 Å². The van der Waals surface area contributed by atoms with Crippen LogP contribution in [-0.4, -0.2) is 61.9 Å². The van der Waals surface area contributed by atoms with Crippen LogP contribution in [0.25, 0.3) is 0 Å². The molecule has 0 radical (unpaired) electrons. The summed E-state index contributed by atoms with van der Waals surface area (Å²) in [5, 5.41) is 8.28. The Hall–Kier alpha value is -3.17. The van der Waals surface area contributed by atoms with E-state index in [1.54, 1.807) is 0 Å². The molecule has 9 nitrogen and oxygen atoms in total. The van der Waals surface area contributed by atoms with Crippen molar-refractivity contribution in [3.63, 3.8) is 0 Å². The van der Waals surface area contributed by atoms with Crippen LogP contribution in [0.1, 0.15) is 77.2 Å². The van der Waals surface area contributed by atoms with Crippen LogP contribution in [0, 0.1) is 17.3 Å². The number of rotatable bonds is 15. The number of likely N-dealkylation sites (tertiary alicyclic amines) is 1. The maximum Gasteiger partial charge on any atom is 0.243 e. The molecular formula is C29H43BN4O5.